The zero-order valence-electron chi connectivity index (χ0n) is 11.2. The van der Waals surface area contributed by atoms with E-state index in [2.05, 4.69) is 36.0 Å². The molecule has 94 valence electrons. The minimum atomic E-state index is 0.935. The van der Waals surface area contributed by atoms with Gasteiger partial charge in [0.1, 0.15) is 0 Å². The Morgan fingerprint density at radius 3 is 2.82 bits per heavy atom. The minimum Gasteiger partial charge on any atom is -0.306 e. The summed E-state index contributed by atoms with van der Waals surface area (Å²) in [6.07, 6.45) is 8.33. The number of rotatable bonds is 4. The molecule has 2 heterocycles. The lowest BCUT2D eigenvalue weighted by atomic mass is 9.91. The van der Waals surface area contributed by atoms with Crippen molar-refractivity contribution in [2.45, 2.75) is 39.0 Å². The molecule has 2 nitrogen and oxygen atoms in total. The number of piperidine rings is 1. The predicted octanol–water partition coefficient (Wildman–Crippen LogP) is 2.92. The van der Waals surface area contributed by atoms with Gasteiger partial charge in [-0.25, -0.2) is 0 Å². The summed E-state index contributed by atoms with van der Waals surface area (Å²) in [6.45, 7) is 4.73. The summed E-state index contributed by atoms with van der Waals surface area (Å²) < 4.78 is 0. The largest absolute Gasteiger partial charge is 0.306 e. The van der Waals surface area contributed by atoms with Gasteiger partial charge < -0.3 is 4.90 Å². The molecule has 0 aromatic carbocycles. The minimum absolute atomic E-state index is 0.935. The van der Waals surface area contributed by atoms with Gasteiger partial charge >= 0.3 is 0 Å². The summed E-state index contributed by atoms with van der Waals surface area (Å²) in [5.41, 5.74) is 2.70. The quantitative estimate of drug-likeness (QED) is 0.793. The number of likely N-dealkylation sites (tertiary alicyclic amines) is 1. The second-order valence-electron chi connectivity index (χ2n) is 5.29. The average Bonchev–Trinajstić information content (AvgIpc) is 2.38. The number of hydrogen-bond acceptors (Lipinski definition) is 2. The van der Waals surface area contributed by atoms with Crippen molar-refractivity contribution in [3.63, 3.8) is 0 Å². The van der Waals surface area contributed by atoms with Crippen LogP contribution in [0.25, 0.3) is 0 Å². The Kier molecular flexibility index (Phi) is 4.55. The fourth-order valence-electron chi connectivity index (χ4n) is 2.60. The van der Waals surface area contributed by atoms with E-state index in [-0.39, 0.29) is 0 Å². The second-order valence-corrected chi connectivity index (χ2v) is 5.29. The molecule has 1 fully saturated rings. The highest BCUT2D eigenvalue weighted by molar-refractivity contribution is 5.16. The first kappa shape index (κ1) is 12.6. The van der Waals surface area contributed by atoms with Crippen molar-refractivity contribution in [1.82, 2.24) is 9.88 Å². The molecule has 0 N–H and O–H groups in total. The van der Waals surface area contributed by atoms with Crippen molar-refractivity contribution in [2.75, 3.05) is 20.1 Å². The molecule has 0 spiro atoms. The van der Waals surface area contributed by atoms with Crippen LogP contribution in [-0.4, -0.2) is 30.0 Å². The Labute approximate surface area is 105 Å². The van der Waals surface area contributed by atoms with Gasteiger partial charge in [-0.05, 0) is 75.9 Å². The fraction of sp³-hybridized carbons (Fsp3) is 0.667. The Hall–Kier alpha value is -0.890. The van der Waals surface area contributed by atoms with Crippen molar-refractivity contribution < 1.29 is 0 Å². The topological polar surface area (TPSA) is 16.1 Å². The van der Waals surface area contributed by atoms with E-state index >= 15 is 0 Å². The van der Waals surface area contributed by atoms with Crippen LogP contribution in [0.5, 0.6) is 0 Å². The molecule has 0 radical (unpaired) electrons. The van der Waals surface area contributed by atoms with Gasteiger partial charge in [-0.3, -0.25) is 4.98 Å². The molecule has 1 aromatic rings. The number of aromatic nitrogens is 1. The summed E-state index contributed by atoms with van der Waals surface area (Å²) in [6, 6.07) is 4.45. The van der Waals surface area contributed by atoms with Crippen LogP contribution in [0.3, 0.4) is 0 Å². The molecule has 0 saturated carbocycles. The first-order valence-corrected chi connectivity index (χ1v) is 6.90. The van der Waals surface area contributed by atoms with Crippen LogP contribution >= 0.6 is 0 Å². The van der Waals surface area contributed by atoms with E-state index in [4.69, 9.17) is 0 Å². The van der Waals surface area contributed by atoms with Gasteiger partial charge in [0.25, 0.3) is 0 Å². The number of nitrogens with zero attached hydrogens (tertiary/aromatic N) is 2. The second kappa shape index (κ2) is 6.15. The molecule has 0 bridgehead atoms. The van der Waals surface area contributed by atoms with Crippen molar-refractivity contribution >= 4 is 0 Å². The maximum atomic E-state index is 4.36. The maximum Gasteiger partial charge on any atom is 0.0403 e. The fourth-order valence-corrected chi connectivity index (χ4v) is 2.60. The van der Waals surface area contributed by atoms with Gasteiger partial charge in [0.05, 0.1) is 0 Å². The summed E-state index contributed by atoms with van der Waals surface area (Å²) in [5.74, 6) is 0.935. The maximum absolute atomic E-state index is 4.36. The Morgan fingerprint density at radius 1 is 1.35 bits per heavy atom. The van der Waals surface area contributed by atoms with Gasteiger partial charge in [-0.15, -0.1) is 0 Å². The van der Waals surface area contributed by atoms with Crippen LogP contribution in [0.4, 0.5) is 0 Å². The van der Waals surface area contributed by atoms with E-state index in [1.165, 1.54) is 50.0 Å². The van der Waals surface area contributed by atoms with Gasteiger partial charge in [0.15, 0.2) is 0 Å². The Bertz CT molecular complexity index is 341. The zero-order valence-corrected chi connectivity index (χ0v) is 11.2. The van der Waals surface area contributed by atoms with Crippen molar-refractivity contribution in [3.05, 3.63) is 29.6 Å². The summed E-state index contributed by atoms with van der Waals surface area (Å²) in [5, 5.41) is 0. The van der Waals surface area contributed by atoms with Crippen LogP contribution in [0, 0.1) is 5.92 Å². The third kappa shape index (κ3) is 3.81. The Morgan fingerprint density at radius 2 is 2.12 bits per heavy atom. The molecule has 1 saturated heterocycles. The smallest absolute Gasteiger partial charge is 0.0403 e. The van der Waals surface area contributed by atoms with Gasteiger partial charge in [0, 0.05) is 11.9 Å². The molecule has 0 amide bonds. The molecular weight excluding hydrogens is 208 g/mol. The van der Waals surface area contributed by atoms with E-state index in [0.717, 1.165) is 12.3 Å². The van der Waals surface area contributed by atoms with Gasteiger partial charge in [0.2, 0.25) is 0 Å². The van der Waals surface area contributed by atoms with Crippen molar-refractivity contribution in [1.29, 1.82) is 0 Å². The lowest BCUT2D eigenvalue weighted by molar-refractivity contribution is 0.212. The molecule has 2 rings (SSSR count). The normalized spacial score (nSPS) is 18.5. The van der Waals surface area contributed by atoms with Crippen LogP contribution < -0.4 is 0 Å². The lowest BCUT2D eigenvalue weighted by Gasteiger charge is -2.28. The monoisotopic (exact) mass is 232 g/mol. The van der Waals surface area contributed by atoms with Crippen LogP contribution in [0.15, 0.2) is 18.3 Å². The third-order valence-corrected chi connectivity index (χ3v) is 3.92. The van der Waals surface area contributed by atoms with Gasteiger partial charge in [-0.1, -0.05) is 6.92 Å². The van der Waals surface area contributed by atoms with E-state index in [1.54, 1.807) is 0 Å². The predicted molar refractivity (Wildman–Crippen MR) is 72.2 cm³/mol. The molecule has 1 aliphatic rings. The Balaban J connectivity index is 1.81. The van der Waals surface area contributed by atoms with Crippen LogP contribution in [-0.2, 0) is 12.8 Å². The summed E-state index contributed by atoms with van der Waals surface area (Å²) in [4.78, 5) is 6.80. The first-order chi connectivity index (χ1) is 8.28. The van der Waals surface area contributed by atoms with Crippen LogP contribution in [0.2, 0.25) is 0 Å². The highest BCUT2D eigenvalue weighted by atomic mass is 15.1. The summed E-state index contributed by atoms with van der Waals surface area (Å²) >= 11 is 0. The molecule has 2 heteroatoms. The van der Waals surface area contributed by atoms with Crippen LogP contribution in [0.1, 0.15) is 37.4 Å². The van der Waals surface area contributed by atoms with Crippen molar-refractivity contribution in [3.8, 4) is 0 Å². The number of aryl methyl sites for hydroxylation is 2. The third-order valence-electron chi connectivity index (χ3n) is 3.92. The van der Waals surface area contributed by atoms with Crippen molar-refractivity contribution in [2.24, 2.45) is 5.92 Å². The molecule has 0 unspecified atom stereocenters. The van der Waals surface area contributed by atoms with Gasteiger partial charge in [-0.2, -0.15) is 0 Å². The highest BCUT2D eigenvalue weighted by Gasteiger charge is 2.16. The molecule has 1 aliphatic heterocycles. The average molecular weight is 232 g/mol. The highest BCUT2D eigenvalue weighted by Crippen LogP contribution is 2.21. The number of hydrogen-bond donors (Lipinski definition) is 0. The first-order valence-electron chi connectivity index (χ1n) is 6.90. The molecule has 1 aromatic heterocycles. The van der Waals surface area contributed by atoms with E-state index in [9.17, 15) is 0 Å². The van der Waals surface area contributed by atoms with E-state index < -0.39 is 0 Å². The van der Waals surface area contributed by atoms with E-state index in [0.29, 0.717) is 0 Å². The molecule has 0 atom stereocenters. The number of pyridine rings is 1. The molecular formula is C15H24N2. The molecule has 0 aliphatic carbocycles. The zero-order chi connectivity index (χ0) is 12.1. The standard InChI is InChI=1S/C15H24N2/c1-3-15-12-14(6-9-16-15)5-4-13-7-10-17(2)11-8-13/h6,9,12-13H,3-5,7-8,10-11H2,1-2H3. The SMILES string of the molecule is CCc1cc(CCC2CCN(C)CC2)ccn1. The molecule has 17 heavy (non-hydrogen) atoms. The summed E-state index contributed by atoms with van der Waals surface area (Å²) in [7, 11) is 2.23. The lowest BCUT2D eigenvalue weighted by Crippen LogP contribution is -2.30. The van der Waals surface area contributed by atoms with E-state index in [1.807, 2.05) is 6.20 Å².